The third-order valence-corrected chi connectivity index (χ3v) is 8.70. The fraction of sp³-hybridized carbons (Fsp3) is 0.348. The molecule has 4 aromatic carbocycles. The average Bonchev–Trinajstić information content (AvgIpc) is 3.21. The van der Waals surface area contributed by atoms with Crippen molar-refractivity contribution in [3.63, 3.8) is 0 Å². The molecule has 0 spiro atoms. The van der Waals surface area contributed by atoms with E-state index in [2.05, 4.69) is 12.1 Å². The minimum Gasteiger partial charge on any atom is -0.508 e. The molecule has 11 heteroatoms. The van der Waals surface area contributed by atoms with Crippen molar-refractivity contribution in [2.45, 2.75) is 103 Å². The van der Waals surface area contributed by atoms with Gasteiger partial charge in [0.25, 0.3) is 0 Å². The van der Waals surface area contributed by atoms with Crippen LogP contribution in [0, 0.1) is 22.7 Å². The number of phenols is 1. The number of aromatic hydroxyl groups is 1. The van der Waals surface area contributed by atoms with Gasteiger partial charge in [-0.25, -0.2) is 0 Å². The fourth-order valence-electron chi connectivity index (χ4n) is 5.54. The van der Waals surface area contributed by atoms with Gasteiger partial charge in [-0.1, -0.05) is 99.9 Å². The van der Waals surface area contributed by atoms with Crippen molar-refractivity contribution in [2.75, 3.05) is 0 Å². The zero-order valence-corrected chi connectivity index (χ0v) is 32.3. The number of carboxylic acid groups (broad SMARTS) is 3. The van der Waals surface area contributed by atoms with Gasteiger partial charge in [-0.2, -0.15) is 10.5 Å². The summed E-state index contributed by atoms with van der Waals surface area (Å²) in [4.78, 5) is 42.6. The average molecular weight is 777 g/mol. The van der Waals surface area contributed by atoms with Gasteiger partial charge < -0.3 is 25.2 Å². The lowest BCUT2D eigenvalue weighted by atomic mass is 10.0. The second kappa shape index (κ2) is 28.0. The summed E-state index contributed by atoms with van der Waals surface area (Å²) in [7, 11) is 0. The maximum absolute atomic E-state index is 11.9. The Balaban J connectivity index is 0.000000325. The number of aliphatic carboxylic acids is 3. The summed E-state index contributed by atoms with van der Waals surface area (Å²) in [5, 5.41) is 51.9. The first-order valence-corrected chi connectivity index (χ1v) is 19.3. The Labute approximate surface area is 334 Å². The Morgan fingerprint density at radius 3 is 1.02 bits per heavy atom. The van der Waals surface area contributed by atoms with E-state index in [-0.39, 0.29) is 31.0 Å². The Hall–Kier alpha value is -6.46. The Bertz CT molecular complexity index is 1860. The third-order valence-electron chi connectivity index (χ3n) is 8.70. The number of unbranched alkanes of at least 4 members (excludes halogenated alkanes) is 10. The number of carboxylic acids is 3. The van der Waals surface area contributed by atoms with Crippen LogP contribution in [-0.4, -0.2) is 44.3 Å². The van der Waals surface area contributed by atoms with E-state index in [9.17, 15) is 19.2 Å². The van der Waals surface area contributed by atoms with Crippen LogP contribution in [0.25, 0.3) is 22.3 Å². The molecule has 0 amide bonds. The van der Waals surface area contributed by atoms with Crippen LogP contribution in [0.3, 0.4) is 0 Å². The molecule has 4 aromatic rings. The van der Waals surface area contributed by atoms with Crippen molar-refractivity contribution in [3.05, 3.63) is 108 Å². The predicted octanol–water partition coefficient (Wildman–Crippen LogP) is 10.5. The van der Waals surface area contributed by atoms with Gasteiger partial charge in [0.05, 0.1) is 23.3 Å². The first-order chi connectivity index (χ1) is 27.5. The topological polar surface area (TPSA) is 206 Å². The summed E-state index contributed by atoms with van der Waals surface area (Å²) in [6, 6.07) is 33.1. The van der Waals surface area contributed by atoms with Gasteiger partial charge in [-0.3, -0.25) is 19.2 Å². The van der Waals surface area contributed by atoms with Crippen LogP contribution in [0.1, 0.15) is 114 Å². The van der Waals surface area contributed by atoms with E-state index in [0.717, 1.165) is 99.3 Å². The van der Waals surface area contributed by atoms with Crippen LogP contribution in [0.2, 0.25) is 0 Å². The van der Waals surface area contributed by atoms with E-state index < -0.39 is 17.9 Å². The van der Waals surface area contributed by atoms with Gasteiger partial charge in [0.2, 0.25) is 0 Å². The van der Waals surface area contributed by atoms with Crippen LogP contribution >= 0.6 is 0 Å². The lowest BCUT2D eigenvalue weighted by Gasteiger charge is -2.06. The van der Waals surface area contributed by atoms with Gasteiger partial charge in [0, 0.05) is 25.7 Å². The highest BCUT2D eigenvalue weighted by molar-refractivity contribution is 5.73. The zero-order valence-electron chi connectivity index (χ0n) is 32.3. The molecule has 57 heavy (non-hydrogen) atoms. The molecule has 0 atom stereocenters. The molecule has 0 aromatic heterocycles. The molecule has 4 N–H and O–H groups in total. The normalized spacial score (nSPS) is 10.0. The molecule has 11 nitrogen and oxygen atoms in total. The monoisotopic (exact) mass is 776 g/mol. The van der Waals surface area contributed by atoms with Crippen molar-refractivity contribution >= 4 is 23.9 Å². The van der Waals surface area contributed by atoms with E-state index in [1.807, 2.05) is 48.5 Å². The number of hydrogen-bond acceptors (Lipinski definition) is 8. The molecule has 0 aliphatic rings. The van der Waals surface area contributed by atoms with E-state index >= 15 is 0 Å². The number of carbonyl (C=O) groups is 4. The van der Waals surface area contributed by atoms with Crippen LogP contribution < -0.4 is 4.74 Å². The first kappa shape index (κ1) is 46.7. The quantitative estimate of drug-likeness (QED) is 0.0356. The summed E-state index contributed by atoms with van der Waals surface area (Å²) >= 11 is 0. The maximum atomic E-state index is 11.9. The molecule has 0 radical (unpaired) electrons. The minimum absolute atomic E-state index is 0.232. The van der Waals surface area contributed by atoms with Gasteiger partial charge in [0.1, 0.15) is 11.5 Å². The molecule has 0 saturated heterocycles. The number of rotatable bonds is 21. The number of benzene rings is 4. The second-order valence-electron chi connectivity index (χ2n) is 13.3. The molecule has 4 rings (SSSR count). The number of nitrogens with zero attached hydrogens (tertiary/aromatic N) is 2. The molecular weight excluding hydrogens is 725 g/mol. The number of carbonyl (C=O) groups excluding carboxylic acids is 1. The number of ether oxygens (including phenoxy) is 1. The third kappa shape index (κ3) is 21.9. The fourth-order valence-corrected chi connectivity index (χ4v) is 5.54. The first-order valence-electron chi connectivity index (χ1n) is 19.3. The minimum atomic E-state index is -0.743. The number of esters is 1. The van der Waals surface area contributed by atoms with Crippen molar-refractivity contribution in [2.24, 2.45) is 0 Å². The summed E-state index contributed by atoms with van der Waals surface area (Å²) in [6.45, 7) is 0. The van der Waals surface area contributed by atoms with Crippen molar-refractivity contribution < 1.29 is 44.3 Å². The van der Waals surface area contributed by atoms with E-state index in [1.165, 1.54) is 0 Å². The van der Waals surface area contributed by atoms with Gasteiger partial charge in [-0.05, 0) is 96.5 Å². The molecule has 0 aliphatic heterocycles. The molecule has 300 valence electrons. The molecule has 0 heterocycles. The van der Waals surface area contributed by atoms with Crippen molar-refractivity contribution in [3.8, 4) is 45.9 Å². The van der Waals surface area contributed by atoms with Crippen molar-refractivity contribution in [1.82, 2.24) is 0 Å². The maximum Gasteiger partial charge on any atom is 0.311 e. The van der Waals surface area contributed by atoms with Gasteiger partial charge >= 0.3 is 23.9 Å². The number of hydrogen-bond donors (Lipinski definition) is 4. The van der Waals surface area contributed by atoms with Crippen LogP contribution in [0.15, 0.2) is 97.1 Å². The molecule has 0 saturated carbocycles. The predicted molar refractivity (Wildman–Crippen MR) is 217 cm³/mol. The van der Waals surface area contributed by atoms with Gasteiger partial charge in [-0.15, -0.1) is 0 Å². The molecule has 0 bridgehead atoms. The van der Waals surface area contributed by atoms with Gasteiger partial charge in [0.15, 0.2) is 0 Å². The second-order valence-corrected chi connectivity index (χ2v) is 13.3. The smallest absolute Gasteiger partial charge is 0.311 e. The summed E-state index contributed by atoms with van der Waals surface area (Å²) in [5.41, 5.74) is 5.32. The molecular formula is C46H52N2O9. The largest absolute Gasteiger partial charge is 0.508 e. The van der Waals surface area contributed by atoms with Crippen molar-refractivity contribution in [1.29, 1.82) is 10.5 Å². The summed E-state index contributed by atoms with van der Waals surface area (Å²) < 4.78 is 5.37. The highest BCUT2D eigenvalue weighted by Gasteiger charge is 2.06. The zero-order chi connectivity index (χ0) is 41.7. The molecule has 0 unspecified atom stereocenters. The van der Waals surface area contributed by atoms with E-state index in [1.54, 1.807) is 48.5 Å². The van der Waals surface area contributed by atoms with E-state index in [4.69, 9.17) is 35.7 Å². The van der Waals surface area contributed by atoms with Crippen LogP contribution in [0.5, 0.6) is 11.5 Å². The SMILES string of the molecule is N#Cc1ccc(-c2ccc(O)cc2)cc1.N#Cc1ccc(-c2ccc(OC(=O)CCCCCCCCC(=O)O)cc2)cc1.O=C(O)CCCCCCCCC(=O)O. The molecule has 0 aliphatic carbocycles. The summed E-state index contributed by atoms with van der Waals surface area (Å²) in [5.74, 6) is -1.68. The Kier molecular flexibility index (Phi) is 23.0. The number of phenolic OH excluding ortho intramolecular Hbond substituents is 1. The summed E-state index contributed by atoms with van der Waals surface area (Å²) in [6.07, 6.45) is 11.8. The highest BCUT2D eigenvalue weighted by atomic mass is 16.5. The molecule has 0 fully saturated rings. The Morgan fingerprint density at radius 1 is 0.421 bits per heavy atom. The van der Waals surface area contributed by atoms with Crippen LogP contribution in [-0.2, 0) is 19.2 Å². The number of nitriles is 2. The lowest BCUT2D eigenvalue weighted by molar-refractivity contribution is -0.138. The lowest BCUT2D eigenvalue weighted by Crippen LogP contribution is -2.07. The van der Waals surface area contributed by atoms with Crippen LogP contribution in [0.4, 0.5) is 0 Å². The highest BCUT2D eigenvalue weighted by Crippen LogP contribution is 2.24. The van der Waals surface area contributed by atoms with E-state index in [0.29, 0.717) is 23.3 Å². The Morgan fingerprint density at radius 2 is 0.702 bits per heavy atom. The standard InChI is InChI=1S/C23H25NO4.C13H9NO.C10H18O4/c24-17-18-9-11-19(12-10-18)20-13-15-21(16-14-20)28-23(27)8-6-4-2-1-3-5-7-22(25)26;14-9-10-1-3-11(4-2-10)12-5-7-13(15)8-6-12;11-9(12)7-5-3-1-2-4-6-8-10(13)14/h9-16H,1-8H2,(H,25,26);1-8,15H;1-8H2,(H,11,12)(H,13,14).